The quantitative estimate of drug-likeness (QED) is 0.734. The fourth-order valence-corrected chi connectivity index (χ4v) is 2.15. The maximum absolute atomic E-state index is 13.0. The number of aromatic nitrogens is 1. The highest BCUT2D eigenvalue weighted by molar-refractivity contribution is 5.91. The largest absolute Gasteiger partial charge is 0.334 e. The Morgan fingerprint density at radius 1 is 1.17 bits per heavy atom. The maximum Gasteiger partial charge on any atom is 0.246 e. The summed E-state index contributed by atoms with van der Waals surface area (Å²) in [6.07, 6.45) is 6.70. The van der Waals surface area contributed by atoms with Crippen LogP contribution in [0.2, 0.25) is 0 Å². The van der Waals surface area contributed by atoms with E-state index in [-0.39, 0.29) is 11.7 Å². The van der Waals surface area contributed by atoms with Gasteiger partial charge in [0.05, 0.1) is 0 Å². The molecule has 0 fully saturated rings. The van der Waals surface area contributed by atoms with Crippen molar-refractivity contribution in [3.05, 3.63) is 71.8 Å². The molecule has 0 bridgehead atoms. The van der Waals surface area contributed by atoms with Crippen molar-refractivity contribution >= 4 is 12.0 Å². The van der Waals surface area contributed by atoms with Crippen molar-refractivity contribution in [1.29, 1.82) is 0 Å². The molecule has 0 saturated heterocycles. The van der Waals surface area contributed by atoms with Gasteiger partial charge < -0.3 is 9.80 Å². The molecule has 0 aliphatic rings. The summed E-state index contributed by atoms with van der Waals surface area (Å²) in [7, 11) is 3.93. The van der Waals surface area contributed by atoms with Crippen LogP contribution in [0.1, 0.15) is 11.1 Å². The SMILES string of the molecule is CN(C)CCN(Cc1ccc(F)cc1)C(=O)/C=C/c1cccnc1. The number of hydrogen-bond donors (Lipinski definition) is 0. The molecule has 0 aliphatic heterocycles. The summed E-state index contributed by atoms with van der Waals surface area (Å²) < 4.78 is 13.0. The van der Waals surface area contributed by atoms with E-state index in [1.54, 1.807) is 41.6 Å². The summed E-state index contributed by atoms with van der Waals surface area (Å²) in [4.78, 5) is 20.3. The van der Waals surface area contributed by atoms with E-state index < -0.39 is 0 Å². The van der Waals surface area contributed by atoms with Crippen LogP contribution in [0.15, 0.2) is 54.9 Å². The zero-order valence-corrected chi connectivity index (χ0v) is 14.0. The summed E-state index contributed by atoms with van der Waals surface area (Å²) in [6.45, 7) is 1.80. The minimum absolute atomic E-state index is 0.0787. The first kappa shape index (κ1) is 17.8. The van der Waals surface area contributed by atoms with Gasteiger partial charge in [-0.05, 0) is 49.5 Å². The number of carbonyl (C=O) groups is 1. The number of hydrogen-bond acceptors (Lipinski definition) is 3. The van der Waals surface area contributed by atoms with Crippen LogP contribution in [-0.2, 0) is 11.3 Å². The second kappa shape index (κ2) is 8.93. The average molecular weight is 327 g/mol. The van der Waals surface area contributed by atoms with Crippen molar-refractivity contribution in [2.75, 3.05) is 27.2 Å². The number of carbonyl (C=O) groups excluding carboxylic acids is 1. The summed E-state index contributed by atoms with van der Waals surface area (Å²) in [6, 6.07) is 9.95. The lowest BCUT2D eigenvalue weighted by atomic mass is 10.2. The molecule has 126 valence electrons. The van der Waals surface area contributed by atoms with Crippen molar-refractivity contribution in [2.24, 2.45) is 0 Å². The Hall–Kier alpha value is -2.53. The minimum atomic E-state index is -0.276. The maximum atomic E-state index is 13.0. The second-order valence-corrected chi connectivity index (χ2v) is 5.81. The Labute approximate surface area is 142 Å². The summed E-state index contributed by atoms with van der Waals surface area (Å²) in [5.74, 6) is -0.355. The highest BCUT2D eigenvalue weighted by atomic mass is 19.1. The molecule has 4 nitrogen and oxygen atoms in total. The molecule has 5 heteroatoms. The molecule has 24 heavy (non-hydrogen) atoms. The average Bonchev–Trinajstić information content (AvgIpc) is 2.59. The topological polar surface area (TPSA) is 36.4 Å². The summed E-state index contributed by atoms with van der Waals surface area (Å²) in [5, 5.41) is 0. The molecule has 0 atom stereocenters. The number of benzene rings is 1. The Morgan fingerprint density at radius 3 is 2.54 bits per heavy atom. The fraction of sp³-hybridized carbons (Fsp3) is 0.263. The molecule has 2 aromatic rings. The van der Waals surface area contributed by atoms with E-state index in [4.69, 9.17) is 0 Å². The Kier molecular flexibility index (Phi) is 6.63. The normalized spacial score (nSPS) is 11.2. The van der Waals surface area contributed by atoms with Gasteiger partial charge in [-0.15, -0.1) is 0 Å². The summed E-state index contributed by atoms with van der Waals surface area (Å²) in [5.41, 5.74) is 1.78. The first-order chi connectivity index (χ1) is 11.5. The van der Waals surface area contributed by atoms with E-state index in [9.17, 15) is 9.18 Å². The zero-order valence-electron chi connectivity index (χ0n) is 14.0. The van der Waals surface area contributed by atoms with Crippen molar-refractivity contribution in [3.8, 4) is 0 Å². The number of pyridine rings is 1. The van der Waals surface area contributed by atoms with Gasteiger partial charge >= 0.3 is 0 Å². The highest BCUT2D eigenvalue weighted by Crippen LogP contribution is 2.08. The van der Waals surface area contributed by atoms with E-state index in [1.807, 2.05) is 31.1 Å². The standard InChI is InChI=1S/C19H22FN3O/c1-22(2)12-13-23(15-17-5-8-18(20)9-6-17)19(24)10-7-16-4-3-11-21-14-16/h3-11,14H,12-13,15H2,1-2H3/b10-7+. The van der Waals surface area contributed by atoms with Crippen molar-refractivity contribution in [2.45, 2.75) is 6.54 Å². The van der Waals surface area contributed by atoms with Gasteiger partial charge in [-0.25, -0.2) is 4.39 Å². The first-order valence-corrected chi connectivity index (χ1v) is 7.81. The third-order valence-corrected chi connectivity index (χ3v) is 3.52. The molecule has 0 saturated carbocycles. The smallest absolute Gasteiger partial charge is 0.246 e. The molecule has 1 aromatic heterocycles. The molecule has 0 N–H and O–H groups in total. The molecule has 1 heterocycles. The molecular weight excluding hydrogens is 305 g/mol. The molecular formula is C19H22FN3O. The molecule has 1 amide bonds. The molecule has 0 spiro atoms. The van der Waals surface area contributed by atoms with Crippen molar-refractivity contribution in [3.63, 3.8) is 0 Å². The van der Waals surface area contributed by atoms with Crippen LogP contribution in [0, 0.1) is 5.82 Å². The van der Waals surface area contributed by atoms with Crippen LogP contribution < -0.4 is 0 Å². The number of likely N-dealkylation sites (N-methyl/N-ethyl adjacent to an activating group) is 1. The third-order valence-electron chi connectivity index (χ3n) is 3.52. The van der Waals surface area contributed by atoms with Crippen LogP contribution in [0.25, 0.3) is 6.08 Å². The Bertz CT molecular complexity index is 669. The first-order valence-electron chi connectivity index (χ1n) is 7.81. The molecule has 0 radical (unpaired) electrons. The number of nitrogens with zero attached hydrogens (tertiary/aromatic N) is 3. The Morgan fingerprint density at radius 2 is 1.92 bits per heavy atom. The monoisotopic (exact) mass is 327 g/mol. The van der Waals surface area contributed by atoms with Crippen LogP contribution in [0.3, 0.4) is 0 Å². The van der Waals surface area contributed by atoms with E-state index in [1.165, 1.54) is 12.1 Å². The van der Waals surface area contributed by atoms with Gasteiger partial charge in [0, 0.05) is 38.1 Å². The molecule has 0 unspecified atom stereocenters. The number of rotatable bonds is 7. The van der Waals surface area contributed by atoms with Crippen molar-refractivity contribution in [1.82, 2.24) is 14.8 Å². The Balaban J connectivity index is 2.07. The molecule has 1 aromatic carbocycles. The highest BCUT2D eigenvalue weighted by Gasteiger charge is 2.12. The van der Waals surface area contributed by atoms with Gasteiger partial charge in [0.2, 0.25) is 5.91 Å². The van der Waals surface area contributed by atoms with Gasteiger partial charge in [-0.2, -0.15) is 0 Å². The van der Waals surface area contributed by atoms with Crippen LogP contribution >= 0.6 is 0 Å². The van der Waals surface area contributed by atoms with Crippen molar-refractivity contribution < 1.29 is 9.18 Å². The van der Waals surface area contributed by atoms with E-state index in [0.717, 1.165) is 17.7 Å². The predicted octanol–water partition coefficient (Wildman–Crippen LogP) is 2.82. The van der Waals surface area contributed by atoms with Crippen LogP contribution in [-0.4, -0.2) is 47.9 Å². The third kappa shape index (κ3) is 5.93. The predicted molar refractivity (Wildman–Crippen MR) is 93.6 cm³/mol. The lowest BCUT2D eigenvalue weighted by Crippen LogP contribution is -2.35. The zero-order chi connectivity index (χ0) is 17.4. The van der Waals surface area contributed by atoms with E-state index >= 15 is 0 Å². The summed E-state index contributed by atoms with van der Waals surface area (Å²) >= 11 is 0. The fourth-order valence-electron chi connectivity index (χ4n) is 2.15. The lowest BCUT2D eigenvalue weighted by Gasteiger charge is -2.23. The minimum Gasteiger partial charge on any atom is -0.334 e. The van der Waals surface area contributed by atoms with Gasteiger partial charge in [-0.3, -0.25) is 9.78 Å². The molecule has 0 aliphatic carbocycles. The van der Waals surface area contributed by atoms with E-state index in [0.29, 0.717) is 13.1 Å². The van der Waals surface area contributed by atoms with Gasteiger partial charge in [0.15, 0.2) is 0 Å². The van der Waals surface area contributed by atoms with Gasteiger partial charge in [-0.1, -0.05) is 18.2 Å². The lowest BCUT2D eigenvalue weighted by molar-refractivity contribution is -0.126. The van der Waals surface area contributed by atoms with Gasteiger partial charge in [0.1, 0.15) is 5.82 Å². The molecule has 2 rings (SSSR count). The second-order valence-electron chi connectivity index (χ2n) is 5.81. The van der Waals surface area contributed by atoms with Gasteiger partial charge in [0.25, 0.3) is 0 Å². The van der Waals surface area contributed by atoms with Crippen LogP contribution in [0.5, 0.6) is 0 Å². The van der Waals surface area contributed by atoms with Crippen LogP contribution in [0.4, 0.5) is 4.39 Å². The van der Waals surface area contributed by atoms with E-state index in [2.05, 4.69) is 4.98 Å². The number of halogens is 1. The number of amides is 1.